The van der Waals surface area contributed by atoms with Gasteiger partial charge in [0.1, 0.15) is 5.75 Å². The minimum absolute atomic E-state index is 0.0195. The molecule has 1 atom stereocenters. The van der Waals surface area contributed by atoms with Gasteiger partial charge < -0.3 is 9.64 Å². The number of alkyl halides is 3. The van der Waals surface area contributed by atoms with Crippen molar-refractivity contribution in [2.75, 3.05) is 13.1 Å². The molecule has 2 aliphatic heterocycles. The first-order chi connectivity index (χ1) is 15.2. The van der Waals surface area contributed by atoms with Gasteiger partial charge in [-0.05, 0) is 36.2 Å². The van der Waals surface area contributed by atoms with Crippen molar-refractivity contribution < 1.29 is 27.5 Å². The van der Waals surface area contributed by atoms with E-state index < -0.39 is 6.36 Å². The van der Waals surface area contributed by atoms with Crippen LogP contribution in [-0.2, 0) is 16.0 Å². The molecule has 2 aromatic carbocycles. The Morgan fingerprint density at radius 1 is 1.19 bits per heavy atom. The molecular weight excluding hydrogens is 491 g/mol. The summed E-state index contributed by atoms with van der Waals surface area (Å²) in [5.41, 5.74) is 1.79. The molecule has 2 aliphatic rings. The number of halogens is 4. The molecule has 1 saturated heterocycles. The normalized spacial score (nSPS) is 18.8. The molecule has 0 bridgehead atoms. The molecule has 32 heavy (non-hydrogen) atoms. The van der Waals surface area contributed by atoms with E-state index in [-0.39, 0.29) is 36.6 Å². The summed E-state index contributed by atoms with van der Waals surface area (Å²) in [6.07, 6.45) is -3.74. The van der Waals surface area contributed by atoms with Crippen molar-refractivity contribution in [3.8, 4) is 5.75 Å². The molecular formula is C22H19BrF3N3O3. The molecule has 0 aromatic heterocycles. The number of likely N-dealkylation sites (tertiary alicyclic amines) is 1. The average Bonchev–Trinajstić information content (AvgIpc) is 3.33. The molecule has 1 fully saturated rings. The van der Waals surface area contributed by atoms with Crippen LogP contribution in [0.5, 0.6) is 5.75 Å². The number of hydrogen-bond donors (Lipinski definition) is 0. The maximum atomic E-state index is 12.9. The third kappa shape index (κ3) is 5.12. The number of rotatable bonds is 5. The van der Waals surface area contributed by atoms with Gasteiger partial charge in [0.2, 0.25) is 11.8 Å². The van der Waals surface area contributed by atoms with Gasteiger partial charge in [-0.15, -0.1) is 13.2 Å². The Kier molecular flexibility index (Phi) is 6.23. The van der Waals surface area contributed by atoms with Crippen LogP contribution in [-0.4, -0.2) is 52.9 Å². The van der Waals surface area contributed by atoms with E-state index in [1.54, 1.807) is 11.0 Å². The number of benzene rings is 2. The molecule has 0 spiro atoms. The Labute approximate surface area is 190 Å². The minimum Gasteiger partial charge on any atom is -0.406 e. The zero-order valence-electron chi connectivity index (χ0n) is 16.8. The topological polar surface area (TPSA) is 62.2 Å². The fourth-order valence-electron chi connectivity index (χ4n) is 3.88. The van der Waals surface area contributed by atoms with Crippen LogP contribution < -0.4 is 4.74 Å². The zero-order valence-corrected chi connectivity index (χ0v) is 18.4. The Morgan fingerprint density at radius 3 is 2.59 bits per heavy atom. The van der Waals surface area contributed by atoms with Gasteiger partial charge in [0, 0.05) is 23.0 Å². The largest absolute Gasteiger partial charge is 0.573 e. The highest BCUT2D eigenvalue weighted by atomic mass is 79.9. The number of carbonyl (C=O) groups is 2. The van der Waals surface area contributed by atoms with Crippen LogP contribution >= 0.6 is 15.9 Å². The van der Waals surface area contributed by atoms with Gasteiger partial charge in [-0.25, -0.2) is 5.01 Å². The highest BCUT2D eigenvalue weighted by molar-refractivity contribution is 9.10. The van der Waals surface area contributed by atoms with Gasteiger partial charge in [-0.2, -0.15) is 5.10 Å². The van der Waals surface area contributed by atoms with E-state index in [1.807, 2.05) is 24.3 Å². The number of carbonyl (C=O) groups excluding carboxylic acids is 2. The number of hydrogen-bond acceptors (Lipinski definition) is 4. The van der Waals surface area contributed by atoms with Crippen LogP contribution in [0.2, 0.25) is 0 Å². The predicted octanol–water partition coefficient (Wildman–Crippen LogP) is 4.13. The molecule has 0 radical (unpaired) electrons. The Bertz CT molecular complexity index is 1060. The smallest absolute Gasteiger partial charge is 0.406 e. The lowest BCUT2D eigenvalue weighted by Gasteiger charge is -2.25. The summed E-state index contributed by atoms with van der Waals surface area (Å²) in [6.45, 7) is 0.798. The fraction of sp³-hybridized carbons (Fsp3) is 0.318. The first-order valence-corrected chi connectivity index (χ1v) is 10.8. The summed E-state index contributed by atoms with van der Waals surface area (Å²) in [7, 11) is 0. The molecule has 2 heterocycles. The van der Waals surface area contributed by atoms with Gasteiger partial charge in [0.15, 0.2) is 0 Å². The molecule has 1 unspecified atom stereocenters. The second-order valence-corrected chi connectivity index (χ2v) is 8.46. The lowest BCUT2D eigenvalue weighted by molar-refractivity contribution is -0.274. The van der Waals surface area contributed by atoms with Crippen molar-refractivity contribution in [1.29, 1.82) is 0 Å². The van der Waals surface area contributed by atoms with Gasteiger partial charge in [0.25, 0.3) is 0 Å². The second kappa shape index (κ2) is 8.93. The average molecular weight is 510 g/mol. The standard InChI is InChI=1S/C22H19BrF3N3O3/c23-16-8-6-15(7-9-16)21-18(28-10-2-5-19(28)30)13-29(27-21)20(31)12-14-3-1-4-17(11-14)32-22(24,25)26/h1,3-4,6-9,11,18H,2,5,10,12-13H2. The molecule has 6 nitrogen and oxygen atoms in total. The zero-order chi connectivity index (χ0) is 22.9. The van der Waals surface area contributed by atoms with Crippen molar-refractivity contribution in [1.82, 2.24) is 9.91 Å². The molecule has 0 aliphatic carbocycles. The summed E-state index contributed by atoms with van der Waals surface area (Å²) in [4.78, 5) is 27.0. The number of amides is 2. The first-order valence-electron chi connectivity index (χ1n) is 9.98. The van der Waals surface area contributed by atoms with E-state index >= 15 is 0 Å². The van der Waals surface area contributed by atoms with Crippen LogP contribution in [0, 0.1) is 0 Å². The fourth-order valence-corrected chi connectivity index (χ4v) is 4.14. The van der Waals surface area contributed by atoms with E-state index in [2.05, 4.69) is 25.8 Å². The van der Waals surface area contributed by atoms with Crippen LogP contribution in [0.15, 0.2) is 58.1 Å². The highest BCUT2D eigenvalue weighted by Gasteiger charge is 2.39. The summed E-state index contributed by atoms with van der Waals surface area (Å²) in [6, 6.07) is 12.4. The van der Waals surface area contributed by atoms with Crippen LogP contribution in [0.4, 0.5) is 13.2 Å². The van der Waals surface area contributed by atoms with E-state index in [0.29, 0.717) is 24.2 Å². The molecule has 0 N–H and O–H groups in total. The van der Waals surface area contributed by atoms with Gasteiger partial charge in [-0.1, -0.05) is 40.2 Å². The molecule has 4 rings (SSSR count). The SMILES string of the molecule is O=C(Cc1cccc(OC(F)(F)F)c1)N1CC(N2CCCC2=O)C(c2ccc(Br)cc2)=N1. The Morgan fingerprint density at radius 2 is 1.94 bits per heavy atom. The van der Waals surface area contributed by atoms with E-state index in [1.165, 1.54) is 23.2 Å². The van der Waals surface area contributed by atoms with Crippen LogP contribution in [0.1, 0.15) is 24.0 Å². The van der Waals surface area contributed by atoms with E-state index in [0.717, 1.165) is 16.5 Å². The Hall–Kier alpha value is -2.88. The van der Waals surface area contributed by atoms with Crippen LogP contribution in [0.3, 0.4) is 0 Å². The van der Waals surface area contributed by atoms with Gasteiger partial charge in [0.05, 0.1) is 24.7 Å². The molecule has 168 valence electrons. The lowest BCUT2D eigenvalue weighted by Crippen LogP contribution is -2.44. The number of ether oxygens (including phenoxy) is 1. The van der Waals surface area contributed by atoms with Crippen molar-refractivity contribution >= 4 is 33.5 Å². The third-order valence-electron chi connectivity index (χ3n) is 5.29. The summed E-state index contributed by atoms with van der Waals surface area (Å²) >= 11 is 3.39. The van der Waals surface area contributed by atoms with Gasteiger partial charge in [-0.3, -0.25) is 9.59 Å². The monoisotopic (exact) mass is 509 g/mol. The predicted molar refractivity (Wildman–Crippen MR) is 114 cm³/mol. The minimum atomic E-state index is -4.81. The van der Waals surface area contributed by atoms with Crippen molar-refractivity contribution in [2.24, 2.45) is 5.10 Å². The molecule has 10 heteroatoms. The van der Waals surface area contributed by atoms with Crippen molar-refractivity contribution in [3.63, 3.8) is 0 Å². The first kappa shape index (κ1) is 22.3. The maximum Gasteiger partial charge on any atom is 0.573 e. The maximum absolute atomic E-state index is 12.9. The second-order valence-electron chi connectivity index (χ2n) is 7.55. The Balaban J connectivity index is 1.55. The van der Waals surface area contributed by atoms with E-state index in [4.69, 9.17) is 0 Å². The highest BCUT2D eigenvalue weighted by Crippen LogP contribution is 2.26. The summed E-state index contributed by atoms with van der Waals surface area (Å²) in [5, 5.41) is 5.80. The van der Waals surface area contributed by atoms with Gasteiger partial charge >= 0.3 is 6.36 Å². The number of nitrogens with zero attached hydrogens (tertiary/aromatic N) is 3. The molecule has 0 saturated carbocycles. The third-order valence-corrected chi connectivity index (χ3v) is 5.82. The van der Waals surface area contributed by atoms with Crippen molar-refractivity contribution in [3.05, 3.63) is 64.1 Å². The lowest BCUT2D eigenvalue weighted by atomic mass is 10.0. The van der Waals surface area contributed by atoms with E-state index in [9.17, 15) is 22.8 Å². The van der Waals surface area contributed by atoms with Crippen molar-refractivity contribution in [2.45, 2.75) is 31.7 Å². The summed E-state index contributed by atoms with van der Waals surface area (Å²) < 4.78 is 42.3. The summed E-state index contributed by atoms with van der Waals surface area (Å²) in [5.74, 6) is -0.743. The number of hydrazone groups is 1. The van der Waals surface area contributed by atoms with Crippen LogP contribution in [0.25, 0.3) is 0 Å². The molecule has 2 aromatic rings. The quantitative estimate of drug-likeness (QED) is 0.608. The molecule has 2 amide bonds.